The number of carbonyl (C=O) groups is 2. The lowest BCUT2D eigenvalue weighted by molar-refractivity contribution is -0.122. The van der Waals surface area contributed by atoms with Crippen LogP contribution in [0, 0.1) is 17.5 Å². The van der Waals surface area contributed by atoms with E-state index in [-0.39, 0.29) is 34.5 Å². The molecule has 3 N–H and O–H groups in total. The summed E-state index contributed by atoms with van der Waals surface area (Å²) < 4.78 is 98.2. The Balaban J connectivity index is 1.52. The number of pyridine rings is 1. The Hall–Kier alpha value is -4.75. The predicted molar refractivity (Wildman–Crippen MR) is 139 cm³/mol. The number of amides is 2. The lowest BCUT2D eigenvalue weighted by Crippen LogP contribution is -2.34. The maximum atomic E-state index is 14.2. The third kappa shape index (κ3) is 6.37. The monoisotopic (exact) mass is 605 g/mol. The number of hydrogen-bond acceptors (Lipinski definition) is 4. The highest BCUT2D eigenvalue weighted by Gasteiger charge is 2.43. The van der Waals surface area contributed by atoms with Gasteiger partial charge >= 0.3 is 0 Å². The number of nitrogens with one attached hydrogen (secondary N) is 1. The maximum Gasteiger partial charge on any atom is 0.282 e. The first-order valence-electron chi connectivity index (χ1n) is 12.8. The fourth-order valence-corrected chi connectivity index (χ4v) is 5.19. The molecule has 43 heavy (non-hydrogen) atoms. The van der Waals surface area contributed by atoms with Gasteiger partial charge in [-0.3, -0.25) is 19.3 Å². The van der Waals surface area contributed by atoms with Crippen LogP contribution in [0.4, 0.5) is 30.7 Å². The highest BCUT2D eigenvalue weighted by molar-refractivity contribution is 5.94. The van der Waals surface area contributed by atoms with Crippen molar-refractivity contribution in [3.05, 3.63) is 106 Å². The van der Waals surface area contributed by atoms with Crippen LogP contribution >= 0.6 is 0 Å². The van der Waals surface area contributed by atoms with E-state index in [0.29, 0.717) is 11.6 Å². The van der Waals surface area contributed by atoms with Gasteiger partial charge in [0.05, 0.1) is 23.7 Å². The van der Waals surface area contributed by atoms with Gasteiger partial charge in [-0.2, -0.15) is 5.10 Å². The Morgan fingerprint density at radius 3 is 2.40 bits per heavy atom. The summed E-state index contributed by atoms with van der Waals surface area (Å²) in [5.74, 6) is -7.82. The standard InChI is InChI=1S/C29H22F7N5O2/c30-16-6-14(7-17(31)10-16)8-22(25-18(2-1-5-38-25)15-3-4-21(32)19(9-15)28(37)43)39-24(42)13-41-23-12-29(35,36)11-20(23)26(40-41)27(33)34/h1-7,9-10,22,27H,8,11-13H2,(H2,37,43)(H,39,42)/t22-/m0/s1. The van der Waals surface area contributed by atoms with E-state index in [2.05, 4.69) is 15.4 Å². The molecule has 1 aliphatic rings. The number of hydrogen-bond donors (Lipinski definition) is 2. The average molecular weight is 606 g/mol. The molecule has 0 aliphatic heterocycles. The zero-order valence-electron chi connectivity index (χ0n) is 22.1. The van der Waals surface area contributed by atoms with E-state index < -0.39 is 78.3 Å². The summed E-state index contributed by atoms with van der Waals surface area (Å²) in [7, 11) is 0. The molecule has 0 radical (unpaired) electrons. The van der Waals surface area contributed by atoms with E-state index in [0.717, 1.165) is 22.9 Å². The molecule has 2 amide bonds. The van der Waals surface area contributed by atoms with Crippen LogP contribution in [0.5, 0.6) is 0 Å². The minimum absolute atomic E-state index is 0.107. The molecule has 2 heterocycles. The molecule has 2 aromatic heterocycles. The van der Waals surface area contributed by atoms with Crippen molar-refractivity contribution in [2.75, 3.05) is 0 Å². The third-order valence-electron chi connectivity index (χ3n) is 6.97. The number of benzene rings is 2. The van der Waals surface area contributed by atoms with Gasteiger partial charge in [0.1, 0.15) is 29.7 Å². The molecule has 0 unspecified atom stereocenters. The van der Waals surface area contributed by atoms with Gasteiger partial charge in [0.15, 0.2) is 0 Å². The number of carbonyl (C=O) groups excluding carboxylic acids is 2. The van der Waals surface area contributed by atoms with Gasteiger partial charge < -0.3 is 11.1 Å². The van der Waals surface area contributed by atoms with E-state index in [1.807, 2.05) is 0 Å². The number of rotatable bonds is 9. The summed E-state index contributed by atoms with van der Waals surface area (Å²) in [5, 5.41) is 6.33. The number of primary amides is 1. The Morgan fingerprint density at radius 2 is 1.72 bits per heavy atom. The van der Waals surface area contributed by atoms with Crippen LogP contribution in [0.15, 0.2) is 54.7 Å². The molecule has 1 aliphatic carbocycles. The topological polar surface area (TPSA) is 103 Å². The van der Waals surface area contributed by atoms with Crippen molar-refractivity contribution >= 4 is 11.8 Å². The molecule has 14 heteroatoms. The van der Waals surface area contributed by atoms with Gasteiger partial charge in [0, 0.05) is 35.5 Å². The number of nitrogens with zero attached hydrogens (tertiary/aromatic N) is 3. The maximum absolute atomic E-state index is 14.2. The first-order chi connectivity index (χ1) is 20.3. The molecule has 2 aromatic carbocycles. The normalized spacial score (nSPS) is 14.5. The van der Waals surface area contributed by atoms with Gasteiger partial charge in [0.2, 0.25) is 5.91 Å². The number of nitrogens with two attached hydrogens (primary N) is 1. The van der Waals surface area contributed by atoms with Crippen LogP contribution in [0.25, 0.3) is 11.1 Å². The Kier molecular flexibility index (Phi) is 7.95. The molecule has 0 saturated heterocycles. The minimum atomic E-state index is -3.28. The molecule has 4 aromatic rings. The van der Waals surface area contributed by atoms with Gasteiger partial charge in [-0.25, -0.2) is 30.7 Å². The van der Waals surface area contributed by atoms with Crippen LogP contribution in [-0.2, 0) is 30.6 Å². The summed E-state index contributed by atoms with van der Waals surface area (Å²) in [5.41, 5.74) is 4.34. The summed E-state index contributed by atoms with van der Waals surface area (Å²) >= 11 is 0. The van der Waals surface area contributed by atoms with Crippen LogP contribution < -0.4 is 11.1 Å². The van der Waals surface area contributed by atoms with Crippen molar-refractivity contribution in [1.82, 2.24) is 20.1 Å². The van der Waals surface area contributed by atoms with Gasteiger partial charge in [-0.05, 0) is 47.9 Å². The average Bonchev–Trinajstić information content (AvgIpc) is 3.41. The lowest BCUT2D eigenvalue weighted by atomic mass is 9.94. The van der Waals surface area contributed by atoms with Crippen molar-refractivity contribution in [1.29, 1.82) is 0 Å². The molecule has 1 atom stereocenters. The minimum Gasteiger partial charge on any atom is -0.366 e. The van der Waals surface area contributed by atoms with E-state index in [9.17, 15) is 40.3 Å². The second-order valence-corrected chi connectivity index (χ2v) is 10.1. The summed E-state index contributed by atoms with van der Waals surface area (Å²) in [6.45, 7) is -0.719. The van der Waals surface area contributed by atoms with E-state index in [4.69, 9.17) is 5.73 Å². The first-order valence-corrected chi connectivity index (χ1v) is 12.8. The Labute approximate surface area is 239 Å². The lowest BCUT2D eigenvalue weighted by Gasteiger charge is -2.22. The molecule has 224 valence electrons. The van der Waals surface area contributed by atoms with Gasteiger partial charge in [-0.1, -0.05) is 12.1 Å². The number of fused-ring (bicyclic) bond motifs is 1. The second-order valence-electron chi connectivity index (χ2n) is 10.1. The van der Waals surface area contributed by atoms with Crippen molar-refractivity contribution in [2.24, 2.45) is 5.73 Å². The zero-order valence-corrected chi connectivity index (χ0v) is 22.1. The molecule has 5 rings (SSSR count). The largest absolute Gasteiger partial charge is 0.366 e. The number of aromatic nitrogens is 3. The molecule has 0 spiro atoms. The van der Waals surface area contributed by atoms with Gasteiger partial charge in [-0.15, -0.1) is 0 Å². The van der Waals surface area contributed by atoms with Crippen molar-refractivity contribution in [3.8, 4) is 11.1 Å². The zero-order chi connectivity index (χ0) is 31.1. The van der Waals surface area contributed by atoms with Crippen LogP contribution in [-0.4, -0.2) is 32.5 Å². The first kappa shape index (κ1) is 29.7. The molecule has 0 saturated carbocycles. The highest BCUT2D eigenvalue weighted by atomic mass is 19.3. The fraction of sp³-hybridized carbons (Fsp3) is 0.241. The third-order valence-corrected chi connectivity index (χ3v) is 6.97. The van der Waals surface area contributed by atoms with Crippen LogP contribution in [0.3, 0.4) is 0 Å². The van der Waals surface area contributed by atoms with Crippen LogP contribution in [0.1, 0.15) is 51.0 Å². The van der Waals surface area contributed by atoms with Crippen LogP contribution in [0.2, 0.25) is 0 Å². The van der Waals surface area contributed by atoms with Crippen molar-refractivity contribution < 1.29 is 40.3 Å². The summed E-state index contributed by atoms with van der Waals surface area (Å²) in [4.78, 5) is 29.3. The Bertz CT molecular complexity index is 1700. The second kappa shape index (κ2) is 11.5. The molecule has 0 fully saturated rings. The fourth-order valence-electron chi connectivity index (χ4n) is 5.19. The quantitative estimate of drug-likeness (QED) is 0.255. The van der Waals surface area contributed by atoms with E-state index in [1.165, 1.54) is 24.4 Å². The van der Waals surface area contributed by atoms with E-state index >= 15 is 0 Å². The predicted octanol–water partition coefficient (Wildman–Crippen LogP) is 5.23. The molecule has 7 nitrogen and oxygen atoms in total. The van der Waals surface area contributed by atoms with Crippen molar-refractivity contribution in [3.63, 3.8) is 0 Å². The molecule has 0 bridgehead atoms. The highest BCUT2D eigenvalue weighted by Crippen LogP contribution is 2.39. The van der Waals surface area contributed by atoms with Gasteiger partial charge in [0.25, 0.3) is 18.3 Å². The Morgan fingerprint density at radius 1 is 1.00 bits per heavy atom. The SMILES string of the molecule is NC(=O)c1cc(-c2cccnc2[C@H](Cc2cc(F)cc(F)c2)NC(=O)Cn2nc(C(F)F)c3c2CC(F)(F)C3)ccc1F. The summed E-state index contributed by atoms with van der Waals surface area (Å²) in [6, 6.07) is 8.18. The molecular formula is C29H22F7N5O2. The van der Waals surface area contributed by atoms with Crippen molar-refractivity contribution in [2.45, 2.75) is 44.2 Å². The molecular weight excluding hydrogens is 583 g/mol. The smallest absolute Gasteiger partial charge is 0.282 e. The summed E-state index contributed by atoms with van der Waals surface area (Å²) in [6.07, 6.45) is -3.82. The number of halogens is 7. The van der Waals surface area contributed by atoms with E-state index in [1.54, 1.807) is 6.07 Å². The number of alkyl halides is 4.